The average molecular weight is 429 g/mol. The number of fused-ring (bicyclic) bond motifs is 1. The summed E-state index contributed by atoms with van der Waals surface area (Å²) >= 11 is 13.8. The van der Waals surface area contributed by atoms with Crippen molar-refractivity contribution in [1.82, 2.24) is 0 Å². The van der Waals surface area contributed by atoms with E-state index >= 15 is 0 Å². The van der Waals surface area contributed by atoms with Gasteiger partial charge in [-0.25, -0.2) is 0 Å². The Morgan fingerprint density at radius 3 is 1.77 bits per heavy atom. The molecule has 4 aromatic carbocycles. The van der Waals surface area contributed by atoms with Gasteiger partial charge in [0.05, 0.1) is 0 Å². The van der Waals surface area contributed by atoms with Crippen molar-refractivity contribution in [2.75, 3.05) is 0 Å². The molecule has 0 nitrogen and oxygen atoms in total. The van der Waals surface area contributed by atoms with E-state index in [4.69, 9.17) is 23.2 Å². The van der Waals surface area contributed by atoms with Gasteiger partial charge in [0.2, 0.25) is 0 Å². The fourth-order valence-electron chi connectivity index (χ4n) is 5.39. The molecule has 5 rings (SSSR count). The maximum atomic E-state index is 6.91. The van der Waals surface area contributed by atoms with E-state index in [9.17, 15) is 0 Å². The predicted octanol–water partition coefficient (Wildman–Crippen LogP) is 8.04. The summed E-state index contributed by atoms with van der Waals surface area (Å²) in [5, 5.41) is 1.59. The Bertz CT molecular complexity index is 1200. The van der Waals surface area contributed by atoms with Gasteiger partial charge in [-0.3, -0.25) is 0 Å². The second kappa shape index (κ2) is 7.30. The molecule has 0 unspecified atom stereocenters. The maximum Gasteiger partial charge on any atom is 0.0481 e. The third kappa shape index (κ3) is 2.75. The molecular formula is C28H22Cl2. The van der Waals surface area contributed by atoms with Gasteiger partial charge in [0.25, 0.3) is 0 Å². The molecule has 1 aliphatic carbocycles. The van der Waals surface area contributed by atoms with Crippen LogP contribution < -0.4 is 0 Å². The lowest BCUT2D eigenvalue weighted by molar-refractivity contribution is 0.473. The molecular weight excluding hydrogens is 407 g/mol. The fourth-order valence-corrected chi connectivity index (χ4v) is 6.07. The zero-order valence-electron chi connectivity index (χ0n) is 16.8. The van der Waals surface area contributed by atoms with Gasteiger partial charge in [0, 0.05) is 20.9 Å². The van der Waals surface area contributed by atoms with Gasteiger partial charge in [0.1, 0.15) is 0 Å². The third-order valence-corrected chi connectivity index (χ3v) is 7.30. The summed E-state index contributed by atoms with van der Waals surface area (Å²) in [5.41, 5.74) is 5.43. The van der Waals surface area contributed by atoms with Crippen molar-refractivity contribution < 1.29 is 0 Å². The van der Waals surface area contributed by atoms with Crippen molar-refractivity contribution in [2.45, 2.75) is 24.2 Å². The molecule has 4 aromatic rings. The first-order valence-electron chi connectivity index (χ1n) is 10.2. The number of hydrogen-bond donors (Lipinski definition) is 0. The second-order valence-electron chi connectivity index (χ2n) is 8.29. The topological polar surface area (TPSA) is 0 Å². The van der Waals surface area contributed by atoms with Gasteiger partial charge in [-0.2, -0.15) is 0 Å². The molecule has 0 bridgehead atoms. The summed E-state index contributed by atoms with van der Waals surface area (Å²) in [7, 11) is 0. The van der Waals surface area contributed by atoms with Gasteiger partial charge in [-0.05, 0) is 46.4 Å². The lowest BCUT2D eigenvalue weighted by Crippen LogP contribution is -2.30. The number of hydrogen-bond acceptors (Lipinski definition) is 0. The largest absolute Gasteiger partial charge is 0.0840 e. The number of benzene rings is 4. The Kier molecular flexibility index (Phi) is 4.73. The van der Waals surface area contributed by atoms with Crippen LogP contribution in [0.2, 0.25) is 10.0 Å². The molecule has 2 heteroatoms. The molecule has 30 heavy (non-hydrogen) atoms. The van der Waals surface area contributed by atoms with Gasteiger partial charge in [-0.15, -0.1) is 0 Å². The predicted molar refractivity (Wildman–Crippen MR) is 127 cm³/mol. The summed E-state index contributed by atoms with van der Waals surface area (Å²) in [4.78, 5) is 0. The van der Waals surface area contributed by atoms with Crippen LogP contribution in [0, 0.1) is 0 Å². The minimum atomic E-state index is -0.384. The monoisotopic (exact) mass is 428 g/mol. The van der Waals surface area contributed by atoms with Crippen LogP contribution in [-0.4, -0.2) is 0 Å². The van der Waals surface area contributed by atoms with Crippen LogP contribution in [0.1, 0.15) is 41.2 Å². The molecule has 0 spiro atoms. The van der Waals surface area contributed by atoms with E-state index in [-0.39, 0.29) is 10.8 Å². The molecule has 0 saturated heterocycles. The van der Waals surface area contributed by atoms with E-state index in [0.29, 0.717) is 0 Å². The van der Waals surface area contributed by atoms with Crippen molar-refractivity contribution in [1.29, 1.82) is 0 Å². The molecule has 2 atom stereocenters. The number of rotatable bonds is 3. The summed E-state index contributed by atoms with van der Waals surface area (Å²) < 4.78 is 0. The van der Waals surface area contributed by atoms with Crippen LogP contribution in [-0.2, 0) is 10.8 Å². The van der Waals surface area contributed by atoms with Gasteiger partial charge < -0.3 is 0 Å². The summed E-state index contributed by atoms with van der Waals surface area (Å²) in [6.45, 7) is 2.31. The van der Waals surface area contributed by atoms with E-state index < -0.39 is 0 Å². The third-order valence-electron chi connectivity index (χ3n) is 6.66. The van der Waals surface area contributed by atoms with Crippen molar-refractivity contribution in [3.8, 4) is 0 Å². The van der Waals surface area contributed by atoms with Crippen LogP contribution in [0.5, 0.6) is 0 Å². The fraction of sp³-hybridized carbons (Fsp3) is 0.143. The first-order chi connectivity index (χ1) is 14.6. The zero-order valence-corrected chi connectivity index (χ0v) is 18.3. The SMILES string of the molecule is C[C@]1(c2ccccc2)C[C@](c2ccccc2)(c2ccccc2Cl)c2cccc(Cl)c21. The van der Waals surface area contributed by atoms with Crippen LogP contribution in [0.3, 0.4) is 0 Å². The Hall–Kier alpha value is -2.54. The van der Waals surface area contributed by atoms with E-state index in [2.05, 4.69) is 91.9 Å². The van der Waals surface area contributed by atoms with E-state index in [1.165, 1.54) is 22.3 Å². The molecule has 0 heterocycles. The van der Waals surface area contributed by atoms with Gasteiger partial charge in [-0.1, -0.05) is 121 Å². The Morgan fingerprint density at radius 2 is 1.10 bits per heavy atom. The molecule has 0 amide bonds. The van der Waals surface area contributed by atoms with Crippen molar-refractivity contribution in [2.24, 2.45) is 0 Å². The summed E-state index contributed by atoms with van der Waals surface area (Å²) in [6.07, 6.45) is 0.858. The molecule has 148 valence electrons. The molecule has 0 fully saturated rings. The van der Waals surface area contributed by atoms with Gasteiger partial charge >= 0.3 is 0 Å². The van der Waals surface area contributed by atoms with Crippen LogP contribution in [0.4, 0.5) is 0 Å². The Balaban J connectivity index is 1.91. The highest BCUT2D eigenvalue weighted by molar-refractivity contribution is 6.32. The van der Waals surface area contributed by atoms with Crippen LogP contribution in [0.15, 0.2) is 103 Å². The highest BCUT2D eigenvalue weighted by Gasteiger charge is 2.53. The minimum absolute atomic E-state index is 0.246. The van der Waals surface area contributed by atoms with Gasteiger partial charge in [0.15, 0.2) is 0 Å². The molecule has 0 aromatic heterocycles. The number of halogens is 2. The standard InChI is InChI=1S/C28H22Cl2/c1-27(20-11-4-2-5-12-20)19-28(21-13-6-3-7-14-21,22-15-8-9-17-24(22)29)23-16-10-18-25(30)26(23)27/h2-18H,19H2,1H3/t27-,28+/m1/s1. The average Bonchev–Trinajstić information content (AvgIpc) is 3.07. The first-order valence-corrected chi connectivity index (χ1v) is 11.0. The lowest BCUT2D eigenvalue weighted by atomic mass is 9.67. The smallest absolute Gasteiger partial charge is 0.0481 e. The second-order valence-corrected chi connectivity index (χ2v) is 9.10. The lowest BCUT2D eigenvalue weighted by Gasteiger charge is -2.35. The van der Waals surface area contributed by atoms with Crippen LogP contribution in [0.25, 0.3) is 0 Å². The quantitative estimate of drug-likeness (QED) is 0.309. The molecule has 0 radical (unpaired) electrons. The van der Waals surface area contributed by atoms with Crippen molar-refractivity contribution in [3.05, 3.63) is 141 Å². The zero-order chi connectivity index (χ0) is 20.8. The molecule has 0 N–H and O–H groups in total. The normalized spacial score (nSPS) is 22.6. The van der Waals surface area contributed by atoms with Crippen molar-refractivity contribution >= 4 is 23.2 Å². The first kappa shape index (κ1) is 19.4. The highest BCUT2D eigenvalue weighted by Crippen LogP contribution is 2.60. The van der Waals surface area contributed by atoms with E-state index in [1.807, 2.05) is 18.2 Å². The maximum absolute atomic E-state index is 6.91. The Labute approximate surface area is 188 Å². The molecule has 0 saturated carbocycles. The van der Waals surface area contributed by atoms with E-state index in [1.54, 1.807) is 0 Å². The van der Waals surface area contributed by atoms with Crippen molar-refractivity contribution in [3.63, 3.8) is 0 Å². The van der Waals surface area contributed by atoms with Crippen LogP contribution >= 0.6 is 23.2 Å². The minimum Gasteiger partial charge on any atom is -0.0840 e. The van der Waals surface area contributed by atoms with E-state index in [0.717, 1.165) is 22.0 Å². The molecule has 1 aliphatic rings. The summed E-state index contributed by atoms with van der Waals surface area (Å²) in [6, 6.07) is 35.9. The Morgan fingerprint density at radius 1 is 0.567 bits per heavy atom. The molecule has 0 aliphatic heterocycles. The highest BCUT2D eigenvalue weighted by atomic mass is 35.5. The summed E-state index contributed by atoms with van der Waals surface area (Å²) in [5.74, 6) is 0.